The Bertz CT molecular complexity index is 711. The van der Waals surface area contributed by atoms with E-state index in [4.69, 9.17) is 9.47 Å². The van der Waals surface area contributed by atoms with Crippen molar-refractivity contribution >= 4 is 11.7 Å². The van der Waals surface area contributed by atoms with Crippen molar-refractivity contribution < 1.29 is 23.8 Å². The fourth-order valence-electron chi connectivity index (χ4n) is 2.90. The summed E-state index contributed by atoms with van der Waals surface area (Å²) in [6, 6.07) is 4.84. The van der Waals surface area contributed by atoms with Gasteiger partial charge < -0.3 is 24.8 Å². The fourth-order valence-corrected chi connectivity index (χ4v) is 2.90. The van der Waals surface area contributed by atoms with E-state index in [9.17, 15) is 14.3 Å². The number of hydrogen-bond donors (Lipinski definition) is 2. The van der Waals surface area contributed by atoms with Crippen molar-refractivity contribution in [2.45, 2.75) is 13.0 Å². The molecule has 6 nitrogen and oxygen atoms in total. The molecule has 0 aliphatic carbocycles. The lowest BCUT2D eigenvalue weighted by molar-refractivity contribution is -0.132. The number of anilines is 1. The minimum absolute atomic E-state index is 0.113. The summed E-state index contributed by atoms with van der Waals surface area (Å²) in [5.74, 6) is -0.890. The number of nitrogens with one attached hydrogen (secondary N) is 1. The van der Waals surface area contributed by atoms with Crippen LogP contribution in [-0.2, 0) is 14.3 Å². The summed E-state index contributed by atoms with van der Waals surface area (Å²) < 4.78 is 25.8. The average molecular weight is 348 g/mol. The maximum Gasteiger partial charge on any atom is 0.333 e. The normalized spacial score (nSPS) is 20.7. The largest absolute Gasteiger partial charge is 0.479 e. The van der Waals surface area contributed by atoms with Gasteiger partial charge in [-0.3, -0.25) is 0 Å². The highest BCUT2D eigenvalue weighted by Crippen LogP contribution is 2.29. The van der Waals surface area contributed by atoms with Gasteiger partial charge in [0.2, 0.25) is 0 Å². The molecular formula is C18H21FN2O4. The maximum atomic E-state index is 14.6. The van der Waals surface area contributed by atoms with Gasteiger partial charge in [0.1, 0.15) is 5.82 Å². The first-order valence-corrected chi connectivity index (χ1v) is 8.26. The summed E-state index contributed by atoms with van der Waals surface area (Å²) in [7, 11) is 0. The molecule has 1 aromatic rings. The quantitative estimate of drug-likeness (QED) is 0.850. The lowest BCUT2D eigenvalue weighted by Gasteiger charge is -2.30. The summed E-state index contributed by atoms with van der Waals surface area (Å²) in [4.78, 5) is 12.9. The van der Waals surface area contributed by atoms with Crippen molar-refractivity contribution in [1.29, 1.82) is 0 Å². The van der Waals surface area contributed by atoms with Crippen molar-refractivity contribution in [2.24, 2.45) is 0 Å². The van der Waals surface area contributed by atoms with Gasteiger partial charge in [-0.05, 0) is 31.2 Å². The number of carboxylic acids is 1. The summed E-state index contributed by atoms with van der Waals surface area (Å²) in [5.41, 5.74) is 1.24. The second-order valence-corrected chi connectivity index (χ2v) is 5.79. The van der Waals surface area contributed by atoms with Crippen molar-refractivity contribution in [3.8, 4) is 0 Å². The Morgan fingerprint density at radius 2 is 2.32 bits per heavy atom. The topological polar surface area (TPSA) is 71.0 Å². The van der Waals surface area contributed by atoms with Gasteiger partial charge in [0.05, 0.1) is 31.4 Å². The first-order chi connectivity index (χ1) is 12.1. The molecular weight excluding hydrogens is 327 g/mol. The smallest absolute Gasteiger partial charge is 0.333 e. The van der Waals surface area contributed by atoms with Crippen molar-refractivity contribution in [3.05, 3.63) is 53.2 Å². The van der Waals surface area contributed by atoms with E-state index in [0.717, 1.165) is 6.54 Å². The molecule has 0 spiro atoms. The predicted octanol–water partition coefficient (Wildman–Crippen LogP) is 2.20. The van der Waals surface area contributed by atoms with Gasteiger partial charge in [0.15, 0.2) is 5.88 Å². The van der Waals surface area contributed by atoms with Gasteiger partial charge in [-0.2, -0.15) is 0 Å². The molecule has 3 rings (SSSR count). The Morgan fingerprint density at radius 3 is 2.96 bits per heavy atom. The first-order valence-electron chi connectivity index (χ1n) is 8.26. The third-order valence-corrected chi connectivity index (χ3v) is 4.16. The van der Waals surface area contributed by atoms with Crippen LogP contribution in [0, 0.1) is 5.82 Å². The fraction of sp³-hybridized carbons (Fsp3) is 0.389. The van der Waals surface area contributed by atoms with E-state index >= 15 is 0 Å². The van der Waals surface area contributed by atoms with Crippen molar-refractivity contribution in [3.63, 3.8) is 0 Å². The molecule has 0 amide bonds. The van der Waals surface area contributed by atoms with Crippen LogP contribution in [0.3, 0.4) is 0 Å². The molecule has 134 valence electrons. The number of carbonyl (C=O) groups is 1. The van der Waals surface area contributed by atoms with Crippen LogP contribution in [0.25, 0.3) is 0 Å². The molecule has 2 aliphatic rings. The van der Waals surface area contributed by atoms with Crippen LogP contribution in [-0.4, -0.2) is 43.9 Å². The molecule has 0 saturated carbocycles. The van der Waals surface area contributed by atoms with E-state index in [1.807, 2.05) is 6.92 Å². The summed E-state index contributed by atoms with van der Waals surface area (Å²) >= 11 is 0. The average Bonchev–Trinajstić information content (AvgIpc) is 2.63. The molecule has 1 aromatic carbocycles. The Labute approximate surface area is 145 Å². The van der Waals surface area contributed by atoms with Crippen LogP contribution in [0.4, 0.5) is 10.1 Å². The van der Waals surface area contributed by atoms with Gasteiger partial charge in [0, 0.05) is 24.3 Å². The lowest BCUT2D eigenvalue weighted by atomic mass is 10.1. The Hall–Kier alpha value is -2.38. The van der Waals surface area contributed by atoms with Crippen LogP contribution in [0.1, 0.15) is 18.6 Å². The van der Waals surface area contributed by atoms with Crippen LogP contribution >= 0.6 is 0 Å². The monoisotopic (exact) mass is 348 g/mol. The number of aliphatic carboxylic acids is 1. The molecule has 0 radical (unpaired) electrons. The minimum Gasteiger partial charge on any atom is -0.479 e. The van der Waals surface area contributed by atoms with E-state index < -0.39 is 5.97 Å². The first kappa shape index (κ1) is 17.4. The van der Waals surface area contributed by atoms with Crippen molar-refractivity contribution in [1.82, 2.24) is 5.32 Å². The van der Waals surface area contributed by atoms with Gasteiger partial charge in [-0.15, -0.1) is 0 Å². The molecule has 7 heteroatoms. The molecule has 1 saturated heterocycles. The second kappa shape index (κ2) is 7.67. The second-order valence-electron chi connectivity index (χ2n) is 5.79. The number of allylic oxidation sites excluding steroid dienone is 2. The number of nitrogens with zero attached hydrogens (tertiary/aromatic N) is 1. The highest BCUT2D eigenvalue weighted by atomic mass is 19.1. The highest BCUT2D eigenvalue weighted by Gasteiger charge is 2.24. The molecule has 2 heterocycles. The summed E-state index contributed by atoms with van der Waals surface area (Å²) in [6.45, 7) is 4.25. The van der Waals surface area contributed by atoms with E-state index in [-0.39, 0.29) is 24.0 Å². The summed E-state index contributed by atoms with van der Waals surface area (Å²) in [6.07, 6.45) is 2.78. The zero-order valence-corrected chi connectivity index (χ0v) is 14.0. The van der Waals surface area contributed by atoms with E-state index in [0.29, 0.717) is 36.9 Å². The molecule has 2 N–H and O–H groups in total. The minimum atomic E-state index is -1.00. The van der Waals surface area contributed by atoms with Crippen LogP contribution in [0.2, 0.25) is 0 Å². The van der Waals surface area contributed by atoms with E-state index in [2.05, 4.69) is 5.32 Å². The van der Waals surface area contributed by atoms with Gasteiger partial charge >= 0.3 is 5.97 Å². The zero-order chi connectivity index (χ0) is 17.8. The highest BCUT2D eigenvalue weighted by molar-refractivity contribution is 5.89. The molecule has 0 unspecified atom stereocenters. The Kier molecular flexibility index (Phi) is 5.35. The molecule has 2 aliphatic heterocycles. The zero-order valence-electron chi connectivity index (χ0n) is 14.0. The van der Waals surface area contributed by atoms with Gasteiger partial charge in [-0.25, -0.2) is 9.18 Å². The molecule has 25 heavy (non-hydrogen) atoms. The molecule has 1 fully saturated rings. The number of morpholine rings is 1. The molecule has 0 bridgehead atoms. The Balaban J connectivity index is 1.87. The summed E-state index contributed by atoms with van der Waals surface area (Å²) in [5, 5.41) is 12.4. The van der Waals surface area contributed by atoms with E-state index in [1.54, 1.807) is 23.1 Å². The SMILES string of the molecule is CCOC1=CC=C(C(=O)O)CN1c1ccc([C@H]2CNCCO2)c(F)c1. The van der Waals surface area contributed by atoms with Crippen LogP contribution in [0.5, 0.6) is 0 Å². The van der Waals surface area contributed by atoms with Crippen molar-refractivity contribution in [2.75, 3.05) is 37.7 Å². The standard InChI is InChI=1S/C18H21FN2O4/c1-2-24-17-6-3-12(18(22)23)11-21(17)13-4-5-14(15(19)9-13)16-10-20-7-8-25-16/h3-6,9,16,20H,2,7-8,10-11H2,1H3,(H,22,23)/t16-/m1/s1. The van der Waals surface area contributed by atoms with Gasteiger partial charge in [0.25, 0.3) is 0 Å². The third kappa shape index (κ3) is 3.83. The molecule has 0 aromatic heterocycles. The number of ether oxygens (including phenoxy) is 2. The number of hydrogen-bond acceptors (Lipinski definition) is 5. The van der Waals surface area contributed by atoms with Crippen LogP contribution < -0.4 is 10.2 Å². The Morgan fingerprint density at radius 1 is 1.48 bits per heavy atom. The van der Waals surface area contributed by atoms with Crippen LogP contribution in [0.15, 0.2) is 41.8 Å². The lowest BCUT2D eigenvalue weighted by Crippen LogP contribution is -2.34. The third-order valence-electron chi connectivity index (χ3n) is 4.16. The number of rotatable bonds is 5. The van der Waals surface area contributed by atoms with E-state index in [1.165, 1.54) is 12.1 Å². The number of halogens is 1. The number of carboxylic acid groups (broad SMARTS) is 1. The number of benzene rings is 1. The maximum absolute atomic E-state index is 14.6. The predicted molar refractivity (Wildman–Crippen MR) is 90.7 cm³/mol. The molecule has 1 atom stereocenters. The van der Waals surface area contributed by atoms with Gasteiger partial charge in [-0.1, -0.05) is 6.07 Å².